The van der Waals surface area contributed by atoms with Gasteiger partial charge < -0.3 is 25.8 Å². The van der Waals surface area contributed by atoms with Crippen molar-refractivity contribution in [2.45, 2.75) is 71.9 Å². The second kappa shape index (κ2) is 18.6. The summed E-state index contributed by atoms with van der Waals surface area (Å²) in [4.78, 5) is 25.9. The highest BCUT2D eigenvalue weighted by atomic mass is 35.5. The first-order valence-electron chi connectivity index (χ1n) is 10.9. The number of hydrogen-bond acceptors (Lipinski definition) is 6. The molecule has 0 saturated carbocycles. The van der Waals surface area contributed by atoms with Crippen LogP contribution in [0.3, 0.4) is 0 Å². The SMILES string of the molecule is CCCCNC(=O)OC(C)N(CC(N)c1ccc(F)cc1)C(C)OC(=O)NCCCC.Cl.Cl. The van der Waals surface area contributed by atoms with Crippen LogP contribution in [0.1, 0.15) is 65.0 Å². The number of rotatable bonds is 13. The van der Waals surface area contributed by atoms with Gasteiger partial charge in [-0.1, -0.05) is 38.8 Å². The lowest BCUT2D eigenvalue weighted by molar-refractivity contribution is -0.0940. The van der Waals surface area contributed by atoms with Gasteiger partial charge in [-0.2, -0.15) is 0 Å². The van der Waals surface area contributed by atoms with Crippen LogP contribution in [-0.4, -0.2) is 49.2 Å². The molecule has 1 aromatic carbocycles. The molecule has 0 aromatic heterocycles. The molecule has 0 aliphatic carbocycles. The molecule has 0 aliphatic rings. The molecule has 0 fully saturated rings. The highest BCUT2D eigenvalue weighted by molar-refractivity contribution is 5.85. The van der Waals surface area contributed by atoms with Gasteiger partial charge in [0.1, 0.15) is 5.82 Å². The van der Waals surface area contributed by atoms with Crippen molar-refractivity contribution >= 4 is 37.0 Å². The van der Waals surface area contributed by atoms with E-state index in [2.05, 4.69) is 10.6 Å². The largest absolute Gasteiger partial charge is 0.430 e. The van der Waals surface area contributed by atoms with Crippen LogP contribution in [0.5, 0.6) is 0 Å². The monoisotopic (exact) mass is 512 g/mol. The van der Waals surface area contributed by atoms with E-state index < -0.39 is 30.7 Å². The molecular weight excluding hydrogens is 474 g/mol. The van der Waals surface area contributed by atoms with Gasteiger partial charge in [0.05, 0.1) is 0 Å². The predicted octanol–water partition coefficient (Wildman–Crippen LogP) is 4.72. The highest BCUT2D eigenvalue weighted by Crippen LogP contribution is 2.17. The van der Waals surface area contributed by atoms with E-state index in [9.17, 15) is 14.0 Å². The molecule has 1 rings (SSSR count). The molecule has 8 nitrogen and oxygen atoms in total. The molecule has 2 amide bonds. The van der Waals surface area contributed by atoms with Gasteiger partial charge in [0.15, 0.2) is 12.5 Å². The van der Waals surface area contributed by atoms with E-state index in [0.29, 0.717) is 18.7 Å². The van der Waals surface area contributed by atoms with E-state index in [-0.39, 0.29) is 37.2 Å². The smallest absolute Gasteiger partial charge is 0.408 e. The first-order chi connectivity index (χ1) is 14.8. The molecule has 11 heteroatoms. The van der Waals surface area contributed by atoms with Gasteiger partial charge in [0.25, 0.3) is 0 Å². The molecule has 3 unspecified atom stereocenters. The Morgan fingerprint density at radius 1 is 0.939 bits per heavy atom. The molecule has 0 heterocycles. The summed E-state index contributed by atoms with van der Waals surface area (Å²) < 4.78 is 24.2. The van der Waals surface area contributed by atoms with E-state index in [0.717, 1.165) is 25.7 Å². The minimum Gasteiger partial charge on any atom is -0.430 e. The Hall–Kier alpha value is -1.81. The van der Waals surface area contributed by atoms with Gasteiger partial charge >= 0.3 is 12.2 Å². The quantitative estimate of drug-likeness (QED) is 0.261. The minimum absolute atomic E-state index is 0. The maximum absolute atomic E-state index is 13.2. The number of ether oxygens (including phenoxy) is 2. The standard InChI is InChI=1S/C22H37FN4O4.2ClH/c1-5-7-13-25-21(28)30-16(3)27(17(4)31-22(29)26-14-8-6-2)15-20(24)18-9-11-19(23)12-10-18;;/h9-12,16-17,20H,5-8,13-15,24H2,1-4H3,(H,25,28)(H,26,29);2*1H. The van der Waals surface area contributed by atoms with Crippen LogP contribution in [0.15, 0.2) is 24.3 Å². The van der Waals surface area contributed by atoms with Gasteiger partial charge in [-0.25, -0.2) is 18.9 Å². The molecule has 0 spiro atoms. The fourth-order valence-electron chi connectivity index (χ4n) is 2.90. The van der Waals surface area contributed by atoms with Gasteiger partial charge in [-0.15, -0.1) is 24.8 Å². The predicted molar refractivity (Wildman–Crippen MR) is 132 cm³/mol. The highest BCUT2D eigenvalue weighted by Gasteiger charge is 2.28. The van der Waals surface area contributed by atoms with Crippen molar-refractivity contribution in [1.82, 2.24) is 15.5 Å². The minimum atomic E-state index is -0.716. The summed E-state index contributed by atoms with van der Waals surface area (Å²) in [6, 6.07) is 5.36. The lowest BCUT2D eigenvalue weighted by Gasteiger charge is -2.35. The Bertz CT molecular complexity index is 640. The molecule has 3 atom stereocenters. The molecule has 192 valence electrons. The molecule has 0 aliphatic heterocycles. The second-order valence-electron chi connectivity index (χ2n) is 7.42. The molecular formula is C22H39Cl2FN4O4. The zero-order valence-corrected chi connectivity index (χ0v) is 21.5. The first kappa shape index (κ1) is 33.4. The summed E-state index contributed by atoms with van der Waals surface area (Å²) in [5.41, 5.74) is 7.02. The Morgan fingerprint density at radius 3 is 1.76 bits per heavy atom. The average Bonchev–Trinajstić information content (AvgIpc) is 2.72. The van der Waals surface area contributed by atoms with Gasteiger partial charge in [-0.05, 0) is 44.4 Å². The van der Waals surface area contributed by atoms with Crippen LogP contribution in [0.2, 0.25) is 0 Å². The maximum atomic E-state index is 13.2. The van der Waals surface area contributed by atoms with Crippen LogP contribution in [0.4, 0.5) is 14.0 Å². The van der Waals surface area contributed by atoms with E-state index in [1.807, 2.05) is 13.8 Å². The van der Waals surface area contributed by atoms with Gasteiger partial charge in [0.2, 0.25) is 0 Å². The maximum Gasteiger partial charge on any atom is 0.408 e. The number of halogens is 3. The molecule has 1 aromatic rings. The Kier molecular flexibility index (Phi) is 18.8. The second-order valence-corrected chi connectivity index (χ2v) is 7.42. The summed E-state index contributed by atoms with van der Waals surface area (Å²) in [5, 5.41) is 5.39. The molecule has 4 N–H and O–H groups in total. The van der Waals surface area contributed by atoms with Crippen LogP contribution in [0.25, 0.3) is 0 Å². The number of amides is 2. The summed E-state index contributed by atoms with van der Waals surface area (Å²) in [6.07, 6.45) is 1.05. The van der Waals surface area contributed by atoms with Crippen molar-refractivity contribution in [1.29, 1.82) is 0 Å². The lowest BCUT2D eigenvalue weighted by atomic mass is 10.1. The van der Waals surface area contributed by atoms with Crippen molar-refractivity contribution in [3.05, 3.63) is 35.6 Å². The third-order valence-corrected chi connectivity index (χ3v) is 4.79. The molecule has 33 heavy (non-hydrogen) atoms. The number of nitrogens with one attached hydrogen (secondary N) is 2. The van der Waals surface area contributed by atoms with E-state index in [1.165, 1.54) is 12.1 Å². The third kappa shape index (κ3) is 13.5. The molecule has 0 saturated heterocycles. The van der Waals surface area contributed by atoms with Crippen molar-refractivity contribution < 1.29 is 23.5 Å². The number of unbranched alkanes of at least 4 members (excludes halogenated alkanes) is 2. The Balaban J connectivity index is 0. The third-order valence-electron chi connectivity index (χ3n) is 4.79. The van der Waals surface area contributed by atoms with Crippen molar-refractivity contribution in [2.75, 3.05) is 19.6 Å². The van der Waals surface area contributed by atoms with E-state index in [4.69, 9.17) is 15.2 Å². The van der Waals surface area contributed by atoms with Crippen LogP contribution >= 0.6 is 24.8 Å². The van der Waals surface area contributed by atoms with E-state index in [1.54, 1.807) is 30.9 Å². The zero-order chi connectivity index (χ0) is 23.2. The number of benzene rings is 1. The summed E-state index contributed by atoms with van der Waals surface area (Å²) in [5.74, 6) is -0.353. The zero-order valence-electron chi connectivity index (χ0n) is 19.8. The first-order valence-corrected chi connectivity index (χ1v) is 10.9. The summed E-state index contributed by atoms with van der Waals surface area (Å²) >= 11 is 0. The average molecular weight is 513 g/mol. The van der Waals surface area contributed by atoms with Crippen LogP contribution in [0, 0.1) is 5.82 Å². The molecule has 0 bridgehead atoms. The number of nitrogens with two attached hydrogens (primary N) is 1. The van der Waals surface area contributed by atoms with Crippen molar-refractivity contribution in [2.24, 2.45) is 5.73 Å². The Morgan fingerprint density at radius 2 is 1.36 bits per heavy atom. The lowest BCUT2D eigenvalue weighted by Crippen LogP contribution is -2.49. The Labute approximate surface area is 208 Å². The number of hydrogen-bond donors (Lipinski definition) is 3. The van der Waals surface area contributed by atoms with Gasteiger partial charge in [0, 0.05) is 25.7 Å². The number of carbonyl (C=O) groups is 2. The van der Waals surface area contributed by atoms with Crippen LogP contribution in [-0.2, 0) is 9.47 Å². The number of alkyl carbamates (subject to hydrolysis) is 2. The van der Waals surface area contributed by atoms with Crippen molar-refractivity contribution in [3.8, 4) is 0 Å². The number of carbonyl (C=O) groups excluding carboxylic acids is 2. The number of nitrogens with zero attached hydrogens (tertiary/aromatic N) is 1. The fraction of sp³-hybridized carbons (Fsp3) is 0.636. The van der Waals surface area contributed by atoms with E-state index >= 15 is 0 Å². The summed E-state index contributed by atoms with van der Waals surface area (Å²) in [6.45, 7) is 8.68. The van der Waals surface area contributed by atoms with Crippen LogP contribution < -0.4 is 16.4 Å². The van der Waals surface area contributed by atoms with Crippen molar-refractivity contribution in [3.63, 3.8) is 0 Å². The normalized spacial score (nSPS) is 13.1. The van der Waals surface area contributed by atoms with Gasteiger partial charge in [-0.3, -0.25) is 0 Å². The molecule has 0 radical (unpaired) electrons. The summed E-state index contributed by atoms with van der Waals surface area (Å²) in [7, 11) is 0. The topological polar surface area (TPSA) is 106 Å². The fourth-order valence-corrected chi connectivity index (χ4v) is 2.90.